The molecule has 23 heavy (non-hydrogen) atoms. The van der Waals surface area contributed by atoms with Crippen molar-refractivity contribution in [2.75, 3.05) is 25.0 Å². The summed E-state index contributed by atoms with van der Waals surface area (Å²) >= 11 is 1.55. The van der Waals surface area contributed by atoms with Crippen LogP contribution in [0.2, 0.25) is 0 Å². The zero-order chi connectivity index (χ0) is 16.1. The summed E-state index contributed by atoms with van der Waals surface area (Å²) in [5, 5.41) is 5.09. The van der Waals surface area contributed by atoms with Crippen LogP contribution >= 0.6 is 11.3 Å². The average Bonchev–Trinajstić information content (AvgIpc) is 3.09. The summed E-state index contributed by atoms with van der Waals surface area (Å²) in [6, 6.07) is 6.15. The van der Waals surface area contributed by atoms with Crippen molar-refractivity contribution in [3.63, 3.8) is 0 Å². The average molecular weight is 331 g/mol. The SMILES string of the molecule is CN(Cc1cscn1)C(=O)NC1CCN(c2ccccn2)CC1. The molecule has 1 N–H and O–H groups in total. The number of rotatable bonds is 4. The fourth-order valence-corrected chi connectivity index (χ4v) is 3.26. The maximum Gasteiger partial charge on any atom is 0.317 e. The van der Waals surface area contributed by atoms with E-state index < -0.39 is 0 Å². The molecular weight excluding hydrogens is 310 g/mol. The Morgan fingerprint density at radius 1 is 1.39 bits per heavy atom. The van der Waals surface area contributed by atoms with E-state index in [1.807, 2.05) is 29.8 Å². The van der Waals surface area contributed by atoms with Gasteiger partial charge in [-0.3, -0.25) is 0 Å². The Balaban J connectivity index is 1.46. The molecule has 3 rings (SSSR count). The predicted molar refractivity (Wildman–Crippen MR) is 91.6 cm³/mol. The first-order valence-electron chi connectivity index (χ1n) is 7.77. The summed E-state index contributed by atoms with van der Waals surface area (Å²) < 4.78 is 0. The lowest BCUT2D eigenvalue weighted by Gasteiger charge is -2.33. The minimum Gasteiger partial charge on any atom is -0.356 e. The molecule has 3 heterocycles. The number of anilines is 1. The highest BCUT2D eigenvalue weighted by Crippen LogP contribution is 2.17. The summed E-state index contributed by atoms with van der Waals surface area (Å²) in [6.07, 6.45) is 3.69. The second-order valence-electron chi connectivity index (χ2n) is 5.73. The normalized spacial score (nSPS) is 15.4. The fourth-order valence-electron chi connectivity index (χ4n) is 2.71. The summed E-state index contributed by atoms with van der Waals surface area (Å²) in [7, 11) is 1.80. The van der Waals surface area contributed by atoms with E-state index in [2.05, 4.69) is 20.2 Å². The van der Waals surface area contributed by atoms with Gasteiger partial charge in [0, 0.05) is 37.8 Å². The molecule has 1 aliphatic rings. The van der Waals surface area contributed by atoms with E-state index in [-0.39, 0.29) is 12.1 Å². The first-order chi connectivity index (χ1) is 11.2. The van der Waals surface area contributed by atoms with Crippen molar-refractivity contribution < 1.29 is 4.79 Å². The summed E-state index contributed by atoms with van der Waals surface area (Å²) in [4.78, 5) is 24.8. The number of hydrogen-bond donors (Lipinski definition) is 1. The Hall–Kier alpha value is -2.15. The minimum absolute atomic E-state index is 0.0331. The molecule has 0 saturated carbocycles. The van der Waals surface area contributed by atoms with Crippen LogP contribution in [0.1, 0.15) is 18.5 Å². The van der Waals surface area contributed by atoms with E-state index in [0.29, 0.717) is 6.54 Å². The molecule has 6 nitrogen and oxygen atoms in total. The van der Waals surface area contributed by atoms with Gasteiger partial charge in [0.2, 0.25) is 0 Å². The van der Waals surface area contributed by atoms with Crippen molar-refractivity contribution in [3.8, 4) is 0 Å². The number of thiazole rings is 1. The van der Waals surface area contributed by atoms with Gasteiger partial charge in [0.1, 0.15) is 5.82 Å². The van der Waals surface area contributed by atoms with Crippen molar-refractivity contribution in [2.24, 2.45) is 0 Å². The first-order valence-corrected chi connectivity index (χ1v) is 8.71. The van der Waals surface area contributed by atoms with Crippen LogP contribution in [0.25, 0.3) is 0 Å². The molecule has 0 atom stereocenters. The Morgan fingerprint density at radius 3 is 2.87 bits per heavy atom. The number of hydrogen-bond acceptors (Lipinski definition) is 5. The lowest BCUT2D eigenvalue weighted by molar-refractivity contribution is 0.199. The molecule has 0 bridgehead atoms. The smallest absolute Gasteiger partial charge is 0.317 e. The van der Waals surface area contributed by atoms with Crippen molar-refractivity contribution in [3.05, 3.63) is 41.0 Å². The van der Waals surface area contributed by atoms with Gasteiger partial charge in [0.25, 0.3) is 0 Å². The molecule has 2 amide bonds. The Morgan fingerprint density at radius 2 is 2.22 bits per heavy atom. The number of urea groups is 1. The number of aromatic nitrogens is 2. The molecule has 0 radical (unpaired) electrons. The van der Waals surface area contributed by atoms with E-state index >= 15 is 0 Å². The second kappa shape index (κ2) is 7.41. The number of pyridine rings is 1. The van der Waals surface area contributed by atoms with Crippen LogP contribution in [0.15, 0.2) is 35.3 Å². The number of carbonyl (C=O) groups excluding carboxylic acids is 1. The van der Waals surface area contributed by atoms with Gasteiger partial charge in [-0.05, 0) is 25.0 Å². The van der Waals surface area contributed by atoms with Crippen molar-refractivity contribution in [1.29, 1.82) is 0 Å². The Labute approximate surface area is 140 Å². The van der Waals surface area contributed by atoms with Crippen LogP contribution in [0.4, 0.5) is 10.6 Å². The highest BCUT2D eigenvalue weighted by atomic mass is 32.1. The lowest BCUT2D eigenvalue weighted by atomic mass is 10.1. The number of nitrogens with one attached hydrogen (secondary N) is 1. The summed E-state index contributed by atoms with van der Waals surface area (Å²) in [5.41, 5.74) is 2.71. The lowest BCUT2D eigenvalue weighted by Crippen LogP contribution is -2.48. The van der Waals surface area contributed by atoms with Crippen LogP contribution < -0.4 is 10.2 Å². The number of amides is 2. The number of nitrogens with zero attached hydrogens (tertiary/aromatic N) is 4. The van der Waals surface area contributed by atoms with Gasteiger partial charge in [0.05, 0.1) is 17.7 Å². The van der Waals surface area contributed by atoms with Gasteiger partial charge in [-0.1, -0.05) is 6.07 Å². The quantitative estimate of drug-likeness (QED) is 0.934. The summed E-state index contributed by atoms with van der Waals surface area (Å²) in [5.74, 6) is 1.01. The number of carbonyl (C=O) groups is 1. The molecule has 2 aromatic rings. The third-order valence-corrected chi connectivity index (χ3v) is 4.66. The van der Waals surface area contributed by atoms with Gasteiger partial charge in [-0.25, -0.2) is 14.8 Å². The van der Waals surface area contributed by atoms with Crippen molar-refractivity contribution in [2.45, 2.75) is 25.4 Å². The first kappa shape index (κ1) is 15.7. The van der Waals surface area contributed by atoms with E-state index in [0.717, 1.165) is 37.4 Å². The molecule has 0 aliphatic carbocycles. The molecule has 1 saturated heterocycles. The highest BCUT2D eigenvalue weighted by molar-refractivity contribution is 7.07. The zero-order valence-corrected chi connectivity index (χ0v) is 14.0. The third-order valence-electron chi connectivity index (χ3n) is 4.03. The fraction of sp³-hybridized carbons (Fsp3) is 0.438. The standard InChI is InChI=1S/C16H21N5OS/c1-20(10-14-11-23-12-18-14)16(22)19-13-5-8-21(9-6-13)15-4-2-3-7-17-15/h2-4,7,11-13H,5-6,8-10H2,1H3,(H,19,22). The van der Waals surface area contributed by atoms with Crippen LogP contribution in [0.3, 0.4) is 0 Å². The molecule has 2 aromatic heterocycles. The number of piperidine rings is 1. The minimum atomic E-state index is -0.0331. The predicted octanol–water partition coefficient (Wildman–Crippen LogP) is 2.35. The van der Waals surface area contributed by atoms with Crippen LogP contribution in [0.5, 0.6) is 0 Å². The molecule has 7 heteroatoms. The van der Waals surface area contributed by atoms with Crippen LogP contribution in [-0.4, -0.2) is 47.1 Å². The van der Waals surface area contributed by atoms with Gasteiger partial charge in [-0.15, -0.1) is 11.3 Å². The molecule has 0 aromatic carbocycles. The Bertz CT molecular complexity index is 611. The molecule has 1 fully saturated rings. The topological polar surface area (TPSA) is 61.4 Å². The molecular formula is C16H21N5OS. The molecule has 0 unspecified atom stereocenters. The van der Waals surface area contributed by atoms with E-state index in [4.69, 9.17) is 0 Å². The Kier molecular flexibility index (Phi) is 5.07. The van der Waals surface area contributed by atoms with Crippen LogP contribution in [-0.2, 0) is 6.54 Å². The van der Waals surface area contributed by atoms with Crippen molar-refractivity contribution in [1.82, 2.24) is 20.2 Å². The maximum absolute atomic E-state index is 12.3. The van der Waals surface area contributed by atoms with Gasteiger partial charge < -0.3 is 15.1 Å². The second-order valence-corrected chi connectivity index (χ2v) is 6.45. The van der Waals surface area contributed by atoms with Crippen molar-refractivity contribution >= 4 is 23.2 Å². The van der Waals surface area contributed by atoms with E-state index in [1.54, 1.807) is 28.8 Å². The van der Waals surface area contributed by atoms with E-state index in [1.165, 1.54) is 0 Å². The van der Waals surface area contributed by atoms with Crippen LogP contribution in [0, 0.1) is 0 Å². The monoisotopic (exact) mass is 331 g/mol. The van der Waals surface area contributed by atoms with Gasteiger partial charge in [-0.2, -0.15) is 0 Å². The third kappa shape index (κ3) is 4.19. The largest absolute Gasteiger partial charge is 0.356 e. The highest BCUT2D eigenvalue weighted by Gasteiger charge is 2.22. The molecule has 0 spiro atoms. The zero-order valence-electron chi connectivity index (χ0n) is 13.2. The maximum atomic E-state index is 12.3. The molecule has 1 aliphatic heterocycles. The van der Waals surface area contributed by atoms with Gasteiger partial charge >= 0.3 is 6.03 Å². The van der Waals surface area contributed by atoms with E-state index in [9.17, 15) is 4.79 Å². The van der Waals surface area contributed by atoms with Gasteiger partial charge in [0.15, 0.2) is 0 Å². The summed E-state index contributed by atoms with van der Waals surface area (Å²) in [6.45, 7) is 2.37. The molecule has 122 valence electrons.